The van der Waals surface area contributed by atoms with Crippen molar-refractivity contribution in [1.29, 1.82) is 5.26 Å². The number of carbonyl (C=O) groups excluding carboxylic acids is 2. The SMILES string of the molecule is [C-]#[N+]C1CCC(C(=O)Nc2cccc(NC(=O)C3CCC(C#N)CC3)c2)CC1. The van der Waals surface area contributed by atoms with Gasteiger partial charge in [-0.3, -0.25) is 9.59 Å². The molecule has 0 aliphatic heterocycles. The molecule has 146 valence electrons. The summed E-state index contributed by atoms with van der Waals surface area (Å²) >= 11 is 0. The van der Waals surface area contributed by atoms with Crippen LogP contribution in [0.2, 0.25) is 0 Å². The number of carbonyl (C=O) groups is 2. The first kappa shape index (κ1) is 19.9. The summed E-state index contributed by atoms with van der Waals surface area (Å²) in [6.45, 7) is 7.10. The van der Waals surface area contributed by atoms with Gasteiger partial charge in [0.2, 0.25) is 17.9 Å². The maximum Gasteiger partial charge on any atom is 0.227 e. The maximum atomic E-state index is 12.5. The summed E-state index contributed by atoms with van der Waals surface area (Å²) in [6.07, 6.45) is 6.11. The molecule has 0 aromatic heterocycles. The summed E-state index contributed by atoms with van der Waals surface area (Å²) in [5, 5.41) is 14.9. The highest BCUT2D eigenvalue weighted by atomic mass is 16.2. The number of hydrogen-bond donors (Lipinski definition) is 2. The Labute approximate surface area is 166 Å². The maximum absolute atomic E-state index is 12.5. The molecule has 1 aromatic carbocycles. The number of rotatable bonds is 4. The van der Waals surface area contributed by atoms with Gasteiger partial charge in [0.05, 0.1) is 6.07 Å². The molecule has 6 heteroatoms. The third-order valence-corrected chi connectivity index (χ3v) is 5.93. The van der Waals surface area contributed by atoms with Crippen LogP contribution in [-0.4, -0.2) is 17.9 Å². The zero-order chi connectivity index (χ0) is 19.9. The second-order valence-electron chi connectivity index (χ2n) is 7.87. The second kappa shape index (κ2) is 9.37. The molecule has 0 heterocycles. The third kappa shape index (κ3) is 5.10. The smallest absolute Gasteiger partial charge is 0.227 e. The molecular formula is C22H26N4O2. The lowest BCUT2D eigenvalue weighted by Gasteiger charge is -2.24. The predicted octanol–water partition coefficient (Wildman–Crippen LogP) is 4.37. The fourth-order valence-corrected chi connectivity index (χ4v) is 4.12. The van der Waals surface area contributed by atoms with E-state index in [1.807, 2.05) is 18.2 Å². The molecule has 0 bridgehead atoms. The minimum atomic E-state index is -0.0551. The molecular weight excluding hydrogens is 352 g/mol. The van der Waals surface area contributed by atoms with Crippen LogP contribution in [0.1, 0.15) is 51.4 Å². The molecule has 2 aliphatic rings. The minimum Gasteiger partial charge on any atom is -0.326 e. The fourth-order valence-electron chi connectivity index (χ4n) is 4.12. The van der Waals surface area contributed by atoms with Gasteiger partial charge in [0.1, 0.15) is 0 Å². The number of benzene rings is 1. The lowest BCUT2D eigenvalue weighted by atomic mass is 9.82. The average Bonchev–Trinajstić information content (AvgIpc) is 2.74. The van der Waals surface area contributed by atoms with Gasteiger partial charge in [-0.1, -0.05) is 6.07 Å². The van der Waals surface area contributed by atoms with Crippen LogP contribution in [0.3, 0.4) is 0 Å². The van der Waals surface area contributed by atoms with Gasteiger partial charge in [-0.05, 0) is 56.7 Å². The largest absolute Gasteiger partial charge is 0.326 e. The van der Waals surface area contributed by atoms with Crippen LogP contribution in [0, 0.1) is 35.7 Å². The summed E-state index contributed by atoms with van der Waals surface area (Å²) in [5.41, 5.74) is 1.34. The molecule has 2 aliphatic carbocycles. The summed E-state index contributed by atoms with van der Waals surface area (Å²) in [5.74, 6) is -0.0569. The molecule has 0 spiro atoms. The third-order valence-electron chi connectivity index (χ3n) is 5.93. The summed E-state index contributed by atoms with van der Waals surface area (Å²) in [7, 11) is 0. The molecule has 3 rings (SSSR count). The van der Waals surface area contributed by atoms with E-state index in [0.29, 0.717) is 11.4 Å². The second-order valence-corrected chi connectivity index (χ2v) is 7.87. The van der Waals surface area contributed by atoms with E-state index in [1.165, 1.54) is 0 Å². The number of nitrogens with one attached hydrogen (secondary N) is 2. The molecule has 0 saturated heterocycles. The van der Waals surface area contributed by atoms with E-state index in [1.54, 1.807) is 6.07 Å². The Morgan fingerprint density at radius 1 is 0.929 bits per heavy atom. The molecule has 6 nitrogen and oxygen atoms in total. The van der Waals surface area contributed by atoms with Crippen molar-refractivity contribution in [3.63, 3.8) is 0 Å². The van der Waals surface area contributed by atoms with Crippen LogP contribution in [0.25, 0.3) is 4.85 Å². The molecule has 2 saturated carbocycles. The Morgan fingerprint density at radius 2 is 1.43 bits per heavy atom. The Balaban J connectivity index is 1.53. The quantitative estimate of drug-likeness (QED) is 0.763. The highest BCUT2D eigenvalue weighted by molar-refractivity contribution is 5.95. The van der Waals surface area contributed by atoms with Crippen molar-refractivity contribution in [3.8, 4) is 6.07 Å². The van der Waals surface area contributed by atoms with Crippen molar-refractivity contribution in [1.82, 2.24) is 0 Å². The topological polar surface area (TPSA) is 86.3 Å². The van der Waals surface area contributed by atoms with Gasteiger partial charge >= 0.3 is 0 Å². The summed E-state index contributed by atoms with van der Waals surface area (Å²) in [4.78, 5) is 28.6. The van der Waals surface area contributed by atoms with Crippen LogP contribution in [0.5, 0.6) is 0 Å². The van der Waals surface area contributed by atoms with Crippen molar-refractivity contribution in [2.24, 2.45) is 17.8 Å². The van der Waals surface area contributed by atoms with Gasteiger partial charge in [-0.15, -0.1) is 0 Å². The molecule has 0 unspecified atom stereocenters. The zero-order valence-corrected chi connectivity index (χ0v) is 16.0. The van der Waals surface area contributed by atoms with E-state index in [4.69, 9.17) is 11.8 Å². The van der Waals surface area contributed by atoms with Crippen molar-refractivity contribution >= 4 is 23.2 Å². The molecule has 0 radical (unpaired) electrons. The average molecular weight is 378 g/mol. The lowest BCUT2D eigenvalue weighted by molar-refractivity contribution is -0.121. The molecule has 2 amide bonds. The molecule has 28 heavy (non-hydrogen) atoms. The zero-order valence-electron chi connectivity index (χ0n) is 16.0. The number of amides is 2. The highest BCUT2D eigenvalue weighted by Crippen LogP contribution is 2.30. The Hall–Kier alpha value is -2.86. The Kier molecular flexibility index (Phi) is 6.66. The standard InChI is InChI=1S/C22H26N4O2/c1-24-18-11-9-17(10-12-18)22(28)26-20-4-2-3-19(13-20)25-21(27)16-7-5-15(14-23)6-8-16/h2-4,13,15-18H,5-12H2,(H,25,27)(H,26,28). The normalized spacial score (nSPS) is 27.1. The highest BCUT2D eigenvalue weighted by Gasteiger charge is 2.29. The van der Waals surface area contributed by atoms with E-state index in [0.717, 1.165) is 51.4 Å². The van der Waals surface area contributed by atoms with Crippen LogP contribution >= 0.6 is 0 Å². The Morgan fingerprint density at radius 3 is 1.89 bits per heavy atom. The van der Waals surface area contributed by atoms with Gasteiger partial charge in [0.15, 0.2) is 0 Å². The number of nitrogens with zero attached hydrogens (tertiary/aromatic N) is 2. The van der Waals surface area contributed by atoms with E-state index in [2.05, 4.69) is 21.5 Å². The first-order valence-corrected chi connectivity index (χ1v) is 10.1. The van der Waals surface area contributed by atoms with Crippen LogP contribution in [0.4, 0.5) is 11.4 Å². The Bertz CT molecular complexity index is 728. The fraction of sp³-hybridized carbons (Fsp3) is 0.545. The first-order valence-electron chi connectivity index (χ1n) is 10.1. The number of hydrogen-bond acceptors (Lipinski definition) is 3. The van der Waals surface area contributed by atoms with Crippen LogP contribution in [0.15, 0.2) is 24.3 Å². The van der Waals surface area contributed by atoms with Gasteiger partial charge in [-0.2, -0.15) is 5.26 Å². The first-order chi connectivity index (χ1) is 13.6. The van der Waals surface area contributed by atoms with E-state index in [-0.39, 0.29) is 35.6 Å². The van der Waals surface area contributed by atoms with E-state index >= 15 is 0 Å². The monoisotopic (exact) mass is 378 g/mol. The van der Waals surface area contributed by atoms with E-state index in [9.17, 15) is 9.59 Å². The van der Waals surface area contributed by atoms with E-state index < -0.39 is 0 Å². The summed E-state index contributed by atoms with van der Waals surface area (Å²) < 4.78 is 0. The van der Waals surface area contributed by atoms with Crippen molar-refractivity contribution in [2.45, 2.75) is 57.4 Å². The predicted molar refractivity (Wildman–Crippen MR) is 107 cm³/mol. The van der Waals surface area contributed by atoms with Crippen molar-refractivity contribution < 1.29 is 9.59 Å². The molecule has 2 N–H and O–H groups in total. The molecule has 1 aromatic rings. The number of nitriles is 1. The molecule has 2 fully saturated rings. The minimum absolute atomic E-state index is 0.0123. The lowest BCUT2D eigenvalue weighted by Crippen LogP contribution is -2.28. The van der Waals surface area contributed by atoms with Crippen LogP contribution < -0.4 is 10.6 Å². The van der Waals surface area contributed by atoms with Crippen molar-refractivity contribution in [2.75, 3.05) is 10.6 Å². The summed E-state index contributed by atoms with van der Waals surface area (Å²) in [6, 6.07) is 9.57. The van der Waals surface area contributed by atoms with Gasteiger partial charge in [0, 0.05) is 42.0 Å². The van der Waals surface area contributed by atoms with Gasteiger partial charge < -0.3 is 15.5 Å². The van der Waals surface area contributed by atoms with Crippen molar-refractivity contribution in [3.05, 3.63) is 35.7 Å². The van der Waals surface area contributed by atoms with Crippen LogP contribution in [-0.2, 0) is 9.59 Å². The van der Waals surface area contributed by atoms with Gasteiger partial charge in [-0.25, -0.2) is 6.57 Å². The molecule has 0 atom stereocenters. The number of anilines is 2. The van der Waals surface area contributed by atoms with Gasteiger partial charge in [0.25, 0.3) is 0 Å².